The molecule has 2 aromatic rings. The maximum atomic E-state index is 12.8. The zero-order chi connectivity index (χ0) is 18.6. The number of nitrogens with zero attached hydrogens (tertiary/aromatic N) is 2. The number of carbonyl (C=O) groups excluding carboxylic acids is 1. The van der Waals surface area contributed by atoms with Crippen molar-refractivity contribution in [3.05, 3.63) is 46.2 Å². The van der Waals surface area contributed by atoms with Gasteiger partial charge in [0.25, 0.3) is 5.91 Å². The van der Waals surface area contributed by atoms with Gasteiger partial charge in [-0.1, -0.05) is 25.4 Å². The van der Waals surface area contributed by atoms with E-state index in [1.165, 1.54) is 4.90 Å². The van der Waals surface area contributed by atoms with Crippen molar-refractivity contribution in [3.63, 3.8) is 0 Å². The molecule has 0 radical (unpaired) electrons. The number of benzene rings is 1. The molecule has 1 heterocycles. The Morgan fingerprint density at radius 3 is 2.48 bits per heavy atom. The second-order valence-electron chi connectivity index (χ2n) is 7.11. The monoisotopic (exact) mass is 363 g/mol. The van der Waals surface area contributed by atoms with E-state index in [0.717, 1.165) is 30.0 Å². The van der Waals surface area contributed by atoms with Gasteiger partial charge in [0.1, 0.15) is 0 Å². The summed E-state index contributed by atoms with van der Waals surface area (Å²) in [5.74, 6) is 0.375. The molecule has 1 aromatic heterocycles. The van der Waals surface area contributed by atoms with Crippen LogP contribution in [0.15, 0.2) is 24.3 Å². The van der Waals surface area contributed by atoms with Crippen LogP contribution in [0.1, 0.15) is 35.6 Å². The minimum absolute atomic E-state index is 0.0467. The Kier molecular flexibility index (Phi) is 6.62. The lowest BCUT2D eigenvalue weighted by atomic mass is 10.0. The molecule has 0 atom stereocenters. The van der Waals surface area contributed by atoms with Crippen LogP contribution in [0, 0.1) is 12.8 Å². The second-order valence-corrected chi connectivity index (χ2v) is 7.54. The maximum Gasteiger partial charge on any atom is 0.255 e. The molecular formula is C19H28ClN4O+. The number of halogens is 1. The third-order valence-corrected chi connectivity index (χ3v) is 4.25. The van der Waals surface area contributed by atoms with Crippen LogP contribution in [0.2, 0.25) is 5.02 Å². The maximum absolute atomic E-state index is 12.8. The minimum Gasteiger partial charge on any atom is -0.346 e. The summed E-state index contributed by atoms with van der Waals surface area (Å²) >= 11 is 5.98. The summed E-state index contributed by atoms with van der Waals surface area (Å²) in [4.78, 5) is 14.1. The van der Waals surface area contributed by atoms with Crippen molar-refractivity contribution >= 4 is 17.5 Å². The molecule has 136 valence electrons. The zero-order valence-electron chi connectivity index (χ0n) is 15.7. The Labute approximate surface area is 155 Å². The van der Waals surface area contributed by atoms with E-state index in [1.807, 2.05) is 35.9 Å². The van der Waals surface area contributed by atoms with Crippen LogP contribution in [0.3, 0.4) is 0 Å². The van der Waals surface area contributed by atoms with Crippen molar-refractivity contribution in [2.75, 3.05) is 27.2 Å². The summed E-state index contributed by atoms with van der Waals surface area (Å²) in [5.41, 5.74) is 3.30. The van der Waals surface area contributed by atoms with Crippen LogP contribution in [0.25, 0.3) is 5.69 Å². The SMILES string of the molecule is Cc1c(C(=O)NCC[NH+](C)C)c(CC(C)C)nn1-c1ccc(Cl)cc1. The number of rotatable bonds is 7. The first kappa shape index (κ1) is 19.5. The zero-order valence-corrected chi connectivity index (χ0v) is 16.4. The van der Waals surface area contributed by atoms with Gasteiger partial charge in [0.2, 0.25) is 0 Å². The van der Waals surface area contributed by atoms with Crippen molar-refractivity contribution in [1.82, 2.24) is 15.1 Å². The summed E-state index contributed by atoms with van der Waals surface area (Å²) in [5, 5.41) is 8.43. The number of nitrogens with one attached hydrogen (secondary N) is 2. The van der Waals surface area contributed by atoms with E-state index in [2.05, 4.69) is 33.3 Å². The number of aromatic nitrogens is 2. The molecule has 0 saturated heterocycles. The van der Waals surface area contributed by atoms with Crippen molar-refractivity contribution in [1.29, 1.82) is 0 Å². The third-order valence-electron chi connectivity index (χ3n) is 4.00. The van der Waals surface area contributed by atoms with Crippen molar-refractivity contribution in [3.8, 4) is 5.69 Å². The minimum atomic E-state index is -0.0467. The van der Waals surface area contributed by atoms with E-state index in [4.69, 9.17) is 16.7 Å². The highest BCUT2D eigenvalue weighted by Crippen LogP contribution is 2.22. The molecule has 0 bridgehead atoms. The molecule has 1 aromatic carbocycles. The Bertz CT molecular complexity index is 720. The predicted octanol–water partition coefficient (Wildman–Crippen LogP) is 1.91. The van der Waals surface area contributed by atoms with Crippen molar-refractivity contribution < 1.29 is 9.69 Å². The van der Waals surface area contributed by atoms with Gasteiger partial charge >= 0.3 is 0 Å². The Hall–Kier alpha value is -1.85. The Morgan fingerprint density at radius 2 is 1.92 bits per heavy atom. The summed E-state index contributed by atoms with van der Waals surface area (Å²) in [7, 11) is 4.14. The van der Waals surface area contributed by atoms with E-state index < -0.39 is 0 Å². The van der Waals surface area contributed by atoms with Gasteiger partial charge in [-0.05, 0) is 43.5 Å². The van der Waals surface area contributed by atoms with Gasteiger partial charge < -0.3 is 10.2 Å². The second kappa shape index (κ2) is 8.50. The van der Waals surface area contributed by atoms with E-state index in [-0.39, 0.29) is 5.91 Å². The average molecular weight is 364 g/mol. The van der Waals surface area contributed by atoms with E-state index in [9.17, 15) is 4.79 Å². The molecule has 0 unspecified atom stereocenters. The molecule has 6 heteroatoms. The highest BCUT2D eigenvalue weighted by molar-refractivity contribution is 6.30. The third kappa shape index (κ3) is 5.06. The summed E-state index contributed by atoms with van der Waals surface area (Å²) < 4.78 is 1.83. The predicted molar refractivity (Wildman–Crippen MR) is 102 cm³/mol. The van der Waals surface area contributed by atoms with Gasteiger partial charge in [-0.3, -0.25) is 4.79 Å². The Balaban J connectivity index is 2.35. The smallest absolute Gasteiger partial charge is 0.255 e. The lowest BCUT2D eigenvalue weighted by molar-refractivity contribution is -0.856. The van der Waals surface area contributed by atoms with Gasteiger partial charge in [-0.2, -0.15) is 5.10 Å². The van der Waals surface area contributed by atoms with E-state index in [1.54, 1.807) is 0 Å². The molecular weight excluding hydrogens is 336 g/mol. The van der Waals surface area contributed by atoms with E-state index in [0.29, 0.717) is 23.0 Å². The van der Waals surface area contributed by atoms with Crippen LogP contribution in [0.4, 0.5) is 0 Å². The molecule has 0 aliphatic carbocycles. The number of amides is 1. The number of hydrogen-bond acceptors (Lipinski definition) is 2. The molecule has 0 aliphatic rings. The molecule has 0 saturated carbocycles. The fourth-order valence-corrected chi connectivity index (χ4v) is 2.86. The molecule has 25 heavy (non-hydrogen) atoms. The van der Waals surface area contributed by atoms with Crippen molar-refractivity contribution in [2.24, 2.45) is 5.92 Å². The topological polar surface area (TPSA) is 51.4 Å². The summed E-state index contributed by atoms with van der Waals surface area (Å²) in [6.45, 7) is 7.74. The largest absolute Gasteiger partial charge is 0.346 e. The van der Waals surface area contributed by atoms with Gasteiger partial charge in [0.05, 0.1) is 49.8 Å². The van der Waals surface area contributed by atoms with Crippen LogP contribution in [-0.4, -0.2) is 42.9 Å². The molecule has 5 nitrogen and oxygen atoms in total. The van der Waals surface area contributed by atoms with Gasteiger partial charge in [0.15, 0.2) is 0 Å². The molecule has 1 amide bonds. The standard InChI is InChI=1S/C19H27ClN4O/c1-13(2)12-17-18(19(25)21-10-11-23(4)5)14(3)24(22-17)16-8-6-15(20)7-9-16/h6-9,13H,10-12H2,1-5H3,(H,21,25)/p+1. The van der Waals surface area contributed by atoms with E-state index >= 15 is 0 Å². The van der Waals surface area contributed by atoms with Crippen LogP contribution in [0.5, 0.6) is 0 Å². The molecule has 0 spiro atoms. The number of carbonyl (C=O) groups is 1. The average Bonchev–Trinajstić information content (AvgIpc) is 2.83. The normalized spacial score (nSPS) is 11.4. The first-order valence-electron chi connectivity index (χ1n) is 8.71. The lowest BCUT2D eigenvalue weighted by Gasteiger charge is -2.10. The highest BCUT2D eigenvalue weighted by atomic mass is 35.5. The van der Waals surface area contributed by atoms with Gasteiger partial charge in [-0.15, -0.1) is 0 Å². The first-order chi connectivity index (χ1) is 11.8. The quantitative estimate of drug-likeness (QED) is 0.789. The highest BCUT2D eigenvalue weighted by Gasteiger charge is 2.22. The summed E-state index contributed by atoms with van der Waals surface area (Å²) in [6.07, 6.45) is 0.767. The van der Waals surface area contributed by atoms with Crippen LogP contribution >= 0.6 is 11.6 Å². The van der Waals surface area contributed by atoms with Crippen LogP contribution in [-0.2, 0) is 6.42 Å². The molecule has 2 rings (SSSR count). The number of quaternary nitrogens is 1. The molecule has 0 aliphatic heterocycles. The number of likely N-dealkylation sites (N-methyl/N-ethyl adjacent to an activating group) is 1. The van der Waals surface area contributed by atoms with Gasteiger partial charge in [0, 0.05) is 5.02 Å². The van der Waals surface area contributed by atoms with Crippen molar-refractivity contribution in [2.45, 2.75) is 27.2 Å². The fourth-order valence-electron chi connectivity index (χ4n) is 2.73. The first-order valence-corrected chi connectivity index (χ1v) is 9.09. The fraction of sp³-hybridized carbons (Fsp3) is 0.474. The number of hydrogen-bond donors (Lipinski definition) is 2. The summed E-state index contributed by atoms with van der Waals surface area (Å²) in [6, 6.07) is 7.50. The molecule has 0 fully saturated rings. The molecule has 2 N–H and O–H groups in total. The van der Waals surface area contributed by atoms with Gasteiger partial charge in [-0.25, -0.2) is 4.68 Å². The lowest BCUT2D eigenvalue weighted by Crippen LogP contribution is -3.06. The van der Waals surface area contributed by atoms with Crippen LogP contribution < -0.4 is 10.2 Å². The Morgan fingerprint density at radius 1 is 1.28 bits per heavy atom.